The Bertz CT molecular complexity index is 4080. The van der Waals surface area contributed by atoms with E-state index >= 15 is 0 Å². The molecular weight excluding hydrogens is 1240 g/mol. The van der Waals surface area contributed by atoms with E-state index in [2.05, 4.69) is 130 Å². The monoisotopic (exact) mass is 1320 g/mol. The van der Waals surface area contributed by atoms with Gasteiger partial charge in [-0.15, -0.1) is 0 Å². The van der Waals surface area contributed by atoms with E-state index in [1.807, 2.05) is 50.7 Å². The average Bonchev–Trinajstić information content (AvgIpc) is 1.55. The molecule has 3 saturated heterocycles. The van der Waals surface area contributed by atoms with Gasteiger partial charge in [0.05, 0.1) is 61.2 Å². The summed E-state index contributed by atoms with van der Waals surface area (Å²) in [7, 11) is 1.00. The highest BCUT2D eigenvalue weighted by Gasteiger charge is 2.25. The van der Waals surface area contributed by atoms with Crippen molar-refractivity contribution in [2.45, 2.75) is 109 Å². The molecule has 508 valence electrons. The first-order valence-electron chi connectivity index (χ1n) is 32.8. The number of imidazole rings is 2. The molecule has 0 bridgehead atoms. The van der Waals surface area contributed by atoms with Crippen LogP contribution in [0, 0.1) is 0 Å². The van der Waals surface area contributed by atoms with Crippen molar-refractivity contribution >= 4 is 85.3 Å². The van der Waals surface area contributed by atoms with Gasteiger partial charge in [0.1, 0.15) is 13.2 Å². The summed E-state index contributed by atoms with van der Waals surface area (Å²) in [6.45, 7) is 8.83. The number of hydrogen-bond acceptors (Lipinski definition) is 19. The Morgan fingerprint density at radius 2 is 1.07 bits per heavy atom. The number of nitrogens with zero attached hydrogens (tertiary/aromatic N) is 12. The lowest BCUT2D eigenvalue weighted by Gasteiger charge is -2.28. The fraction of sp³-hybridized carbons (Fsp3) is 0.414. The van der Waals surface area contributed by atoms with Gasteiger partial charge < -0.3 is 58.4 Å². The number of ether oxygens (including phenoxy) is 4. The maximum Gasteiger partial charge on any atom is 0.446 e. The third-order valence-electron chi connectivity index (χ3n) is 16.7. The number of morpholine rings is 2. The van der Waals surface area contributed by atoms with Crippen molar-refractivity contribution in [3.05, 3.63) is 135 Å². The molecule has 1 unspecified atom stereocenters. The van der Waals surface area contributed by atoms with E-state index in [1.54, 1.807) is 12.4 Å². The molecule has 23 nitrogen and oxygen atoms in total. The molecular formula is C70H83F3N14O9. The quantitative estimate of drug-likeness (QED) is 0.0290. The van der Waals surface area contributed by atoms with E-state index in [4.69, 9.17) is 43.9 Å². The summed E-state index contributed by atoms with van der Waals surface area (Å²) in [6, 6.07) is 29.6. The number of anilines is 6. The molecule has 0 spiro atoms. The largest absolute Gasteiger partial charge is 0.446 e. The minimum absolute atomic E-state index is 0.0851. The first kappa shape index (κ1) is 69.6. The highest BCUT2D eigenvalue weighted by Crippen LogP contribution is 2.32. The maximum absolute atomic E-state index is 12.2. The van der Waals surface area contributed by atoms with Crippen LogP contribution in [0.2, 0.25) is 0 Å². The van der Waals surface area contributed by atoms with Crippen LogP contribution < -0.4 is 20.4 Å². The second-order valence-corrected chi connectivity index (χ2v) is 23.4. The summed E-state index contributed by atoms with van der Waals surface area (Å²) < 4.78 is 61.5. The maximum atomic E-state index is 12.2. The molecule has 0 radical (unpaired) electrons. The fourth-order valence-corrected chi connectivity index (χ4v) is 11.6. The normalized spacial score (nSPS) is 15.0. The van der Waals surface area contributed by atoms with Crippen molar-refractivity contribution in [3.63, 3.8) is 0 Å². The zero-order chi connectivity index (χ0) is 67.1. The second-order valence-electron chi connectivity index (χ2n) is 23.4. The Labute approximate surface area is 554 Å². The van der Waals surface area contributed by atoms with Crippen LogP contribution in [0.3, 0.4) is 0 Å². The van der Waals surface area contributed by atoms with E-state index in [0.29, 0.717) is 24.5 Å². The second kappa shape index (κ2) is 35.0. The molecule has 96 heavy (non-hydrogen) atoms. The van der Waals surface area contributed by atoms with Crippen LogP contribution in [0.5, 0.6) is 0 Å². The van der Waals surface area contributed by atoms with Gasteiger partial charge in [0.25, 0.3) is 0 Å². The molecule has 4 aromatic carbocycles. The molecule has 1 atom stereocenters. The zero-order valence-electron chi connectivity index (χ0n) is 54.0. The van der Waals surface area contributed by atoms with Gasteiger partial charge in [-0.3, -0.25) is 23.7 Å². The number of hydrogen-bond donors (Lipinski definition) is 4. The number of ketones is 2. The number of nitrogens with one attached hydrogen (secondary N) is 2. The summed E-state index contributed by atoms with van der Waals surface area (Å²) in [5.74, 6) is 1.47. The Morgan fingerprint density at radius 1 is 0.615 bits per heavy atom. The predicted octanol–water partition coefficient (Wildman–Crippen LogP) is 11.6. The lowest BCUT2D eigenvalue weighted by atomic mass is 10.1. The number of aromatic nitrogens is 10. The van der Waals surface area contributed by atoms with Crippen LogP contribution in [0.4, 0.5) is 47.6 Å². The number of aryl methyl sites for hydroxylation is 2. The fourth-order valence-electron chi connectivity index (χ4n) is 11.6. The molecule has 10 aromatic rings. The molecule has 3 fully saturated rings. The third kappa shape index (κ3) is 19.5. The van der Waals surface area contributed by atoms with Gasteiger partial charge in [0.2, 0.25) is 6.29 Å². The number of alkyl halides is 3. The van der Waals surface area contributed by atoms with Crippen LogP contribution in [0.25, 0.3) is 55.6 Å². The van der Waals surface area contributed by atoms with Crippen LogP contribution in [-0.4, -0.2) is 168 Å². The Hall–Kier alpha value is -9.18. The summed E-state index contributed by atoms with van der Waals surface area (Å²) in [4.78, 5) is 56.0. The van der Waals surface area contributed by atoms with Crippen molar-refractivity contribution in [3.8, 4) is 22.5 Å². The van der Waals surface area contributed by atoms with Crippen LogP contribution in [0.15, 0.2) is 135 Å². The van der Waals surface area contributed by atoms with Crippen molar-refractivity contribution in [1.29, 1.82) is 0 Å². The number of fused-ring (bicyclic) bond motifs is 4. The van der Waals surface area contributed by atoms with Gasteiger partial charge >= 0.3 is 6.18 Å². The molecule has 6 aromatic heterocycles. The van der Waals surface area contributed by atoms with Crippen LogP contribution >= 0.6 is 0 Å². The van der Waals surface area contributed by atoms with Gasteiger partial charge in [-0.25, -0.2) is 19.9 Å². The first-order valence-corrected chi connectivity index (χ1v) is 32.8. The average molecular weight is 1320 g/mol. The van der Waals surface area contributed by atoms with Crippen molar-refractivity contribution in [1.82, 2.24) is 48.3 Å². The number of halogens is 3. The van der Waals surface area contributed by atoms with E-state index < -0.39 is 12.5 Å². The summed E-state index contributed by atoms with van der Waals surface area (Å²) >= 11 is 0. The van der Waals surface area contributed by atoms with Crippen molar-refractivity contribution < 1.29 is 56.7 Å². The molecule has 26 heteroatoms. The topological polar surface area (TPSA) is 255 Å². The van der Waals surface area contributed by atoms with Crippen LogP contribution in [0.1, 0.15) is 83.5 Å². The predicted molar refractivity (Wildman–Crippen MR) is 362 cm³/mol. The Balaban J connectivity index is 0.000000189. The molecule has 0 aliphatic carbocycles. The number of benzene rings is 4. The van der Waals surface area contributed by atoms with Gasteiger partial charge in [-0.1, -0.05) is 49.9 Å². The van der Waals surface area contributed by atoms with E-state index in [1.165, 1.54) is 11.4 Å². The van der Waals surface area contributed by atoms with Crippen molar-refractivity contribution in [2.24, 2.45) is 0 Å². The number of rotatable bonds is 26. The molecule has 3 aliphatic rings. The Morgan fingerprint density at radius 3 is 1.51 bits per heavy atom. The SMILES string of the molecule is CO.O=C(CCCCCCn1ncc2ccc(-c3cn4ccnc4c(Nc4ccc(N5CCOCC5)cc4)n3)cc21)COC1CCCCO1.O=C(CO)CCCCCCn1ncc2ccc(-c3cn4ccnc4c(Nc4ccc(N5CCOCC5)cc4)n3)cc21.O=CC(F)(F)F. The number of carbonyl (C=O) groups is 3. The summed E-state index contributed by atoms with van der Waals surface area (Å²) in [5.41, 5.74) is 11.7. The minimum atomic E-state index is -4.64. The number of aliphatic hydroxyl groups is 2. The number of carbonyl (C=O) groups excluding carboxylic acids is 3. The van der Waals surface area contributed by atoms with E-state index in [0.717, 1.165) is 217 Å². The van der Waals surface area contributed by atoms with E-state index in [9.17, 15) is 22.8 Å². The summed E-state index contributed by atoms with van der Waals surface area (Å²) in [6.07, 6.45) is 21.2. The standard InChI is InChI=1S/C36H43N7O4.C31H35N7O3.C2HF3O.CH4O/c44-31(26-47-34-8-4-6-20-46-34)7-3-1-2-5-16-43-33-23-27(9-10-28(33)24-38-43)32-25-42-17-15-37-36(42)35(40-32)39-29-11-13-30(14-12-29)41-18-21-45-22-19-41;39-22-27(40)5-3-1-2-4-13-38-29-19-23(6-7-24(29)20-33-38)28-21-37-14-12-32-31(37)30(35-28)34-25-8-10-26(11-9-25)36-15-17-41-18-16-36;3-2(4,5)1-6;1-2/h9-15,17,23-25,34H,1-8,16,18-22,26H2,(H,39,40);6-12,14,19-21,39H,1-5,13,15-18,22H2,(H,34,35);1H;2H,1H3. The molecule has 13 rings (SSSR count). The van der Waals surface area contributed by atoms with Crippen LogP contribution in [-0.2, 0) is 46.4 Å². The minimum Gasteiger partial charge on any atom is -0.400 e. The highest BCUT2D eigenvalue weighted by atomic mass is 19.4. The third-order valence-corrected chi connectivity index (χ3v) is 16.7. The molecule has 9 heterocycles. The smallest absolute Gasteiger partial charge is 0.400 e. The Kier molecular flexibility index (Phi) is 25.4. The number of aldehydes is 1. The van der Waals surface area contributed by atoms with Gasteiger partial charge in [0, 0.05) is 148 Å². The molecule has 3 aliphatic heterocycles. The number of Topliss-reactive ketones (excluding diaryl/α,β-unsaturated/α-hetero) is 2. The zero-order valence-corrected chi connectivity index (χ0v) is 54.0. The van der Waals surface area contributed by atoms with Gasteiger partial charge in [-0.05, 0) is 106 Å². The lowest BCUT2D eigenvalue weighted by molar-refractivity contribution is -0.169. The molecule has 4 N–H and O–H groups in total. The lowest BCUT2D eigenvalue weighted by Crippen LogP contribution is -2.36. The summed E-state index contributed by atoms with van der Waals surface area (Å²) in [5, 5.41) is 34.3. The number of unbranched alkanes of at least 4 members (excludes halogenated alkanes) is 6. The highest BCUT2D eigenvalue weighted by molar-refractivity contribution is 5.86. The molecule has 0 saturated carbocycles. The number of aliphatic hydroxyl groups excluding tert-OH is 2. The van der Waals surface area contributed by atoms with E-state index in [-0.39, 0.29) is 31.1 Å². The van der Waals surface area contributed by atoms with Gasteiger partial charge in [0.15, 0.2) is 40.8 Å². The molecule has 0 amide bonds. The van der Waals surface area contributed by atoms with Crippen molar-refractivity contribution in [2.75, 3.05) is 100.0 Å². The first-order chi connectivity index (χ1) is 46.9. The van der Waals surface area contributed by atoms with Gasteiger partial charge in [-0.2, -0.15) is 23.4 Å².